The van der Waals surface area contributed by atoms with E-state index in [-0.39, 0.29) is 50.4 Å². The van der Waals surface area contributed by atoms with Crippen molar-refractivity contribution in [1.82, 2.24) is 0 Å². The largest absolute Gasteiger partial charge is 0.481 e. The number of benzene rings is 2. The van der Waals surface area contributed by atoms with Crippen molar-refractivity contribution in [3.8, 4) is 0 Å². The lowest BCUT2D eigenvalue weighted by Crippen LogP contribution is -2.00. The maximum atomic E-state index is 10.8. The van der Waals surface area contributed by atoms with Crippen LogP contribution in [0.25, 0.3) is 0 Å². The van der Waals surface area contributed by atoms with Gasteiger partial charge >= 0.3 is 35.8 Å². The Morgan fingerprint density at radius 3 is 1.08 bits per heavy atom. The SMILES string of the molecule is NCCCCCCN.O=C(O)CCCCC(=O)O.O=C(O)c1ccc(C(=O)O)cc1.O=C1OC(=O)c2ccccc21.O=C=NCCCCCCN=C=O.OCCCCO.OCCO. The first-order chi connectivity index (χ1) is 30.2. The standard InChI is InChI=1S/C8H12N2O2.C8H6O4.C8H4O3.C6H16N2.C6H10O4.C4H10O2.C2H6O2/c11-7-9-5-3-1-2-4-6-10-8-12;9-7(10)5-1-2-6(4-3-5)8(11)12;9-7-5-3-1-2-4-6(5)8(10)11-7;7-5-3-1-2-4-6-8;7-5(8)3-1-2-4-6(9)10;5-3-1-2-4-6;3-1-2-4/h1-6H2;1-4H,(H,9,10)(H,11,12);1-4H;1-8H2;1-4H2,(H,7,8)(H,9,10);5-6H,1-4H2;3-4H,1-2H2. The summed E-state index contributed by atoms with van der Waals surface area (Å²) in [5.74, 6) is -4.97. The molecule has 21 nitrogen and oxygen atoms in total. The van der Waals surface area contributed by atoms with E-state index in [4.69, 9.17) is 52.3 Å². The number of isocyanates is 2. The molecule has 0 saturated heterocycles. The molecule has 0 bridgehead atoms. The molecule has 0 atom stereocenters. The van der Waals surface area contributed by atoms with Crippen LogP contribution in [0, 0.1) is 0 Å². The smallest absolute Gasteiger partial charge is 0.346 e. The molecule has 0 aromatic heterocycles. The molecule has 1 aliphatic rings. The van der Waals surface area contributed by atoms with Crippen LogP contribution in [0.15, 0.2) is 58.5 Å². The molecule has 12 N–H and O–H groups in total. The summed E-state index contributed by atoms with van der Waals surface area (Å²) in [4.78, 5) is 88.2. The van der Waals surface area contributed by atoms with Crippen LogP contribution in [-0.4, -0.2) is 141 Å². The molecule has 1 heterocycles. The Kier molecular flexibility index (Phi) is 49.1. The van der Waals surface area contributed by atoms with E-state index >= 15 is 0 Å². The highest BCUT2D eigenvalue weighted by Crippen LogP contribution is 2.18. The molecule has 2 aromatic carbocycles. The van der Waals surface area contributed by atoms with E-state index in [2.05, 4.69) is 14.7 Å². The molecule has 3 rings (SSSR count). The Morgan fingerprint density at radius 2 is 0.825 bits per heavy atom. The van der Waals surface area contributed by atoms with Crippen molar-refractivity contribution in [2.45, 2.75) is 89.9 Å². The summed E-state index contributed by atoms with van der Waals surface area (Å²) in [6.45, 7) is 2.90. The van der Waals surface area contributed by atoms with Crippen LogP contribution in [0.5, 0.6) is 0 Å². The number of carboxylic acids is 4. The van der Waals surface area contributed by atoms with E-state index in [1.54, 1.807) is 24.3 Å². The lowest BCUT2D eigenvalue weighted by atomic mass is 10.1. The van der Waals surface area contributed by atoms with E-state index < -0.39 is 35.8 Å². The van der Waals surface area contributed by atoms with Crippen LogP contribution in [0.1, 0.15) is 131 Å². The minimum atomic E-state index is -1.06. The molecule has 0 spiro atoms. The number of aromatic carboxylic acids is 2. The summed E-state index contributed by atoms with van der Waals surface area (Å²) < 4.78 is 4.35. The number of cyclic esters (lactones) is 2. The van der Waals surface area contributed by atoms with E-state index in [1.165, 1.54) is 49.3 Å². The van der Waals surface area contributed by atoms with Gasteiger partial charge in [0.25, 0.3) is 0 Å². The minimum Gasteiger partial charge on any atom is -0.481 e. The number of nitrogens with zero attached hydrogens (tertiary/aromatic N) is 2. The molecule has 21 heteroatoms. The maximum Gasteiger partial charge on any atom is 0.346 e. The number of aliphatic hydroxyl groups excluding tert-OH is 4. The Balaban J connectivity index is -0.000000330. The number of hydrogen-bond donors (Lipinski definition) is 10. The van der Waals surface area contributed by atoms with Crippen LogP contribution < -0.4 is 11.5 Å². The van der Waals surface area contributed by atoms with Gasteiger partial charge in [-0.05, 0) is 101 Å². The molecule has 0 saturated carbocycles. The normalized spacial score (nSPS) is 9.94. The average molecular weight is 897 g/mol. The second-order valence-electron chi connectivity index (χ2n) is 12.4. The number of rotatable bonds is 23. The second-order valence-corrected chi connectivity index (χ2v) is 12.4. The molecule has 2 aromatic rings. The molecule has 63 heavy (non-hydrogen) atoms. The van der Waals surface area contributed by atoms with Gasteiger partial charge in [0.1, 0.15) is 0 Å². The van der Waals surface area contributed by atoms with Gasteiger partial charge in [-0.25, -0.2) is 38.8 Å². The number of ether oxygens (including phenoxy) is 1. The number of carbonyl (C=O) groups is 6. The third-order valence-corrected chi connectivity index (χ3v) is 7.21. The van der Waals surface area contributed by atoms with Crippen molar-refractivity contribution < 1.29 is 83.9 Å². The topological polar surface area (TPSA) is 384 Å². The average Bonchev–Trinajstić information content (AvgIpc) is 3.57. The molecular formula is C42H64N4O17. The van der Waals surface area contributed by atoms with Crippen molar-refractivity contribution in [2.24, 2.45) is 21.5 Å². The summed E-state index contributed by atoms with van der Waals surface area (Å²) in [6.07, 6.45) is 14.0. The maximum absolute atomic E-state index is 10.8. The van der Waals surface area contributed by atoms with Crippen LogP contribution in [0.3, 0.4) is 0 Å². The van der Waals surface area contributed by atoms with Crippen molar-refractivity contribution in [1.29, 1.82) is 0 Å². The summed E-state index contributed by atoms with van der Waals surface area (Å²) >= 11 is 0. The zero-order valence-electron chi connectivity index (χ0n) is 35.5. The zero-order valence-corrected chi connectivity index (χ0v) is 35.5. The van der Waals surface area contributed by atoms with Crippen LogP contribution in [0.2, 0.25) is 0 Å². The monoisotopic (exact) mass is 896 g/mol. The fourth-order valence-corrected chi connectivity index (χ4v) is 4.03. The predicted octanol–water partition coefficient (Wildman–Crippen LogP) is 3.20. The number of unbranched alkanes of at least 4 members (excludes halogenated alkanes) is 8. The number of aliphatic imine (C=N–C) groups is 2. The van der Waals surface area contributed by atoms with Crippen molar-refractivity contribution >= 4 is 48.0 Å². The predicted molar refractivity (Wildman–Crippen MR) is 229 cm³/mol. The lowest BCUT2D eigenvalue weighted by molar-refractivity contribution is -0.139. The Hall–Kier alpha value is -6.02. The molecular weight excluding hydrogens is 832 g/mol. The first kappa shape index (κ1) is 63.6. The van der Waals surface area contributed by atoms with Gasteiger partial charge in [0.05, 0.1) is 48.6 Å². The summed E-state index contributed by atoms with van der Waals surface area (Å²) in [7, 11) is 0. The number of nitrogens with two attached hydrogens (primary N) is 2. The van der Waals surface area contributed by atoms with Crippen LogP contribution in [-0.2, 0) is 23.9 Å². The van der Waals surface area contributed by atoms with Crippen LogP contribution in [0.4, 0.5) is 0 Å². The van der Waals surface area contributed by atoms with E-state index in [9.17, 15) is 38.4 Å². The highest BCUT2D eigenvalue weighted by molar-refractivity contribution is 6.14. The highest BCUT2D eigenvalue weighted by atomic mass is 16.6. The number of fused-ring (bicyclic) bond motifs is 1. The Labute approximate surface area is 366 Å². The molecule has 0 unspecified atom stereocenters. The number of esters is 2. The number of aliphatic carboxylic acids is 2. The third-order valence-electron chi connectivity index (χ3n) is 7.21. The zero-order chi connectivity index (χ0) is 48.5. The van der Waals surface area contributed by atoms with Crippen molar-refractivity contribution in [3.05, 3.63) is 70.8 Å². The van der Waals surface area contributed by atoms with Gasteiger partial charge in [0.2, 0.25) is 12.2 Å². The first-order valence-electron chi connectivity index (χ1n) is 20.0. The summed E-state index contributed by atoms with van der Waals surface area (Å²) in [6, 6.07) is 11.6. The van der Waals surface area contributed by atoms with Gasteiger partial charge in [0.15, 0.2) is 0 Å². The molecule has 354 valence electrons. The Morgan fingerprint density at radius 1 is 0.492 bits per heavy atom. The number of hydrogen-bond acceptors (Lipinski definition) is 17. The third kappa shape index (κ3) is 45.3. The van der Waals surface area contributed by atoms with Gasteiger partial charge in [-0.1, -0.05) is 37.8 Å². The summed E-state index contributed by atoms with van der Waals surface area (Å²) in [5.41, 5.74) is 11.4. The van der Waals surface area contributed by atoms with Crippen molar-refractivity contribution in [3.63, 3.8) is 0 Å². The second kappa shape index (κ2) is 48.6. The molecule has 0 aliphatic carbocycles. The van der Waals surface area contributed by atoms with E-state index in [0.717, 1.165) is 64.5 Å². The van der Waals surface area contributed by atoms with Gasteiger partial charge < -0.3 is 57.1 Å². The van der Waals surface area contributed by atoms with E-state index in [0.29, 0.717) is 37.1 Å². The quantitative estimate of drug-likeness (QED) is 0.0252. The van der Waals surface area contributed by atoms with E-state index in [1.807, 2.05) is 0 Å². The van der Waals surface area contributed by atoms with Crippen LogP contribution >= 0.6 is 0 Å². The summed E-state index contributed by atoms with van der Waals surface area (Å²) in [5, 5.41) is 64.6. The fourth-order valence-electron chi connectivity index (χ4n) is 4.03. The molecule has 0 amide bonds. The number of carbonyl (C=O) groups excluding carboxylic acids is 4. The van der Waals surface area contributed by atoms with Gasteiger partial charge in [-0.3, -0.25) is 9.59 Å². The molecule has 1 aliphatic heterocycles. The lowest BCUT2D eigenvalue weighted by Gasteiger charge is -1.94. The Bertz CT molecular complexity index is 1500. The highest BCUT2D eigenvalue weighted by Gasteiger charge is 2.28. The molecule has 0 radical (unpaired) electrons. The number of carboxylic acid groups (broad SMARTS) is 4. The first-order valence-corrected chi connectivity index (χ1v) is 20.0. The fraction of sp³-hybridized carbons (Fsp3) is 0.524. The number of aliphatic hydroxyl groups is 4. The van der Waals surface area contributed by atoms with Gasteiger partial charge in [-0.2, -0.15) is 0 Å². The van der Waals surface area contributed by atoms with Gasteiger partial charge in [-0.15, -0.1) is 0 Å². The van der Waals surface area contributed by atoms with Crippen molar-refractivity contribution in [2.75, 3.05) is 52.6 Å². The van der Waals surface area contributed by atoms with Gasteiger partial charge in [0, 0.05) is 26.1 Å². The molecule has 0 fully saturated rings. The minimum absolute atomic E-state index is 0.0628.